The summed E-state index contributed by atoms with van der Waals surface area (Å²) in [6, 6.07) is 7.47. The predicted octanol–water partition coefficient (Wildman–Crippen LogP) is 2.49. The maximum Gasteiger partial charge on any atom is 0.226 e. The number of carbonyl (C=O) groups excluding carboxylic acids is 1. The number of piperidine rings is 1. The summed E-state index contributed by atoms with van der Waals surface area (Å²) in [5.74, 6) is 0.608. The van der Waals surface area contributed by atoms with E-state index in [1.807, 2.05) is 29.2 Å². The van der Waals surface area contributed by atoms with E-state index in [1.165, 1.54) is 0 Å². The third-order valence-corrected chi connectivity index (χ3v) is 4.45. The monoisotopic (exact) mass is 309 g/mol. The Balaban J connectivity index is 1.49. The van der Waals surface area contributed by atoms with Gasteiger partial charge in [0, 0.05) is 24.0 Å². The molecule has 2 fully saturated rings. The van der Waals surface area contributed by atoms with Crippen molar-refractivity contribution in [3.05, 3.63) is 34.9 Å². The van der Waals surface area contributed by atoms with Gasteiger partial charge in [0.25, 0.3) is 0 Å². The van der Waals surface area contributed by atoms with Crippen LogP contribution in [0.5, 0.6) is 0 Å². The molecule has 114 valence electrons. The van der Waals surface area contributed by atoms with Crippen molar-refractivity contribution in [1.82, 2.24) is 4.90 Å². The number of likely N-dealkylation sites (tertiary alicyclic amines) is 1. The summed E-state index contributed by atoms with van der Waals surface area (Å²) in [5.41, 5.74) is 1.01. The lowest BCUT2D eigenvalue weighted by molar-refractivity contribution is -0.136. The topological polar surface area (TPSA) is 38.8 Å². The summed E-state index contributed by atoms with van der Waals surface area (Å²) in [6.45, 7) is 2.97. The van der Waals surface area contributed by atoms with Crippen LogP contribution in [0.2, 0.25) is 5.02 Å². The molecule has 2 aliphatic rings. The van der Waals surface area contributed by atoms with Gasteiger partial charge < -0.3 is 14.4 Å². The second-order valence-corrected chi connectivity index (χ2v) is 6.07. The molecule has 0 radical (unpaired) electrons. The minimum atomic E-state index is -0.0569. The summed E-state index contributed by atoms with van der Waals surface area (Å²) in [4.78, 5) is 14.3. The van der Waals surface area contributed by atoms with E-state index in [4.69, 9.17) is 21.1 Å². The molecule has 1 amide bonds. The summed E-state index contributed by atoms with van der Waals surface area (Å²) < 4.78 is 11.1. The maximum atomic E-state index is 12.3. The Morgan fingerprint density at radius 1 is 1.14 bits per heavy atom. The first-order valence-corrected chi connectivity index (χ1v) is 7.85. The first-order valence-electron chi connectivity index (χ1n) is 7.48. The molecule has 21 heavy (non-hydrogen) atoms. The fourth-order valence-corrected chi connectivity index (χ4v) is 3.08. The number of hydrogen-bond acceptors (Lipinski definition) is 3. The summed E-state index contributed by atoms with van der Waals surface area (Å²) in [6.07, 6.45) is 2.30. The normalized spacial score (nSPS) is 20.9. The summed E-state index contributed by atoms with van der Waals surface area (Å²) in [5, 5.41) is 0.698. The molecule has 3 rings (SSSR count). The van der Waals surface area contributed by atoms with E-state index in [0.717, 1.165) is 31.5 Å². The van der Waals surface area contributed by atoms with Gasteiger partial charge in [0.15, 0.2) is 6.29 Å². The number of rotatable bonds is 3. The molecule has 2 aliphatic heterocycles. The predicted molar refractivity (Wildman–Crippen MR) is 80.2 cm³/mol. The van der Waals surface area contributed by atoms with Crippen LogP contribution in [-0.2, 0) is 20.7 Å². The van der Waals surface area contributed by atoms with Gasteiger partial charge in [0.2, 0.25) is 5.91 Å². The Kier molecular flexibility index (Phi) is 4.78. The highest BCUT2D eigenvalue weighted by molar-refractivity contribution is 6.30. The standard InChI is InChI=1S/C16H20ClNO3/c17-14-3-1-12(2-4-14)11-15(19)18-7-5-13(6-8-18)16-20-9-10-21-16/h1-4,13,16H,5-11H2. The second-order valence-electron chi connectivity index (χ2n) is 5.63. The largest absolute Gasteiger partial charge is 0.350 e. The van der Waals surface area contributed by atoms with Crippen molar-refractivity contribution in [3.63, 3.8) is 0 Å². The average molecular weight is 310 g/mol. The van der Waals surface area contributed by atoms with E-state index < -0.39 is 0 Å². The lowest BCUT2D eigenvalue weighted by Crippen LogP contribution is -2.42. The van der Waals surface area contributed by atoms with Gasteiger partial charge in [-0.05, 0) is 30.5 Å². The van der Waals surface area contributed by atoms with Crippen molar-refractivity contribution < 1.29 is 14.3 Å². The SMILES string of the molecule is O=C(Cc1ccc(Cl)cc1)N1CCC(C2OCCO2)CC1. The van der Waals surface area contributed by atoms with Crippen LogP contribution >= 0.6 is 11.6 Å². The Bertz CT molecular complexity index is 477. The molecule has 0 aliphatic carbocycles. The molecular formula is C16H20ClNO3. The first kappa shape index (κ1) is 14.8. The molecule has 1 aromatic rings. The quantitative estimate of drug-likeness (QED) is 0.861. The molecule has 4 nitrogen and oxygen atoms in total. The molecule has 0 N–H and O–H groups in total. The Morgan fingerprint density at radius 3 is 2.38 bits per heavy atom. The molecular weight excluding hydrogens is 290 g/mol. The van der Waals surface area contributed by atoms with Gasteiger partial charge in [-0.3, -0.25) is 4.79 Å². The van der Waals surface area contributed by atoms with Crippen LogP contribution in [0.25, 0.3) is 0 Å². The molecule has 0 bridgehead atoms. The molecule has 5 heteroatoms. The minimum absolute atomic E-state index is 0.0569. The minimum Gasteiger partial charge on any atom is -0.350 e. The van der Waals surface area contributed by atoms with Gasteiger partial charge in [-0.1, -0.05) is 23.7 Å². The van der Waals surface area contributed by atoms with Crippen LogP contribution < -0.4 is 0 Å². The van der Waals surface area contributed by atoms with Crippen LogP contribution in [0.4, 0.5) is 0 Å². The summed E-state index contributed by atoms with van der Waals surface area (Å²) >= 11 is 5.86. The van der Waals surface area contributed by atoms with E-state index in [0.29, 0.717) is 30.6 Å². The van der Waals surface area contributed by atoms with E-state index in [2.05, 4.69) is 0 Å². The number of carbonyl (C=O) groups is 1. The fraction of sp³-hybridized carbons (Fsp3) is 0.562. The zero-order valence-corrected chi connectivity index (χ0v) is 12.7. The highest BCUT2D eigenvalue weighted by Crippen LogP contribution is 2.26. The Hall–Kier alpha value is -1.10. The van der Waals surface area contributed by atoms with Gasteiger partial charge in [0.1, 0.15) is 0 Å². The number of amides is 1. The zero-order chi connectivity index (χ0) is 14.7. The number of nitrogens with zero attached hydrogens (tertiary/aromatic N) is 1. The Labute approximate surface area is 130 Å². The third kappa shape index (κ3) is 3.76. The van der Waals surface area contributed by atoms with Crippen LogP contribution in [0.1, 0.15) is 18.4 Å². The first-order chi connectivity index (χ1) is 10.2. The van der Waals surface area contributed by atoms with Crippen molar-refractivity contribution in [1.29, 1.82) is 0 Å². The van der Waals surface area contributed by atoms with Gasteiger partial charge in [-0.2, -0.15) is 0 Å². The van der Waals surface area contributed by atoms with Crippen molar-refractivity contribution in [3.8, 4) is 0 Å². The lowest BCUT2D eigenvalue weighted by Gasteiger charge is -2.34. The van der Waals surface area contributed by atoms with Gasteiger partial charge in [-0.15, -0.1) is 0 Å². The van der Waals surface area contributed by atoms with E-state index >= 15 is 0 Å². The lowest BCUT2D eigenvalue weighted by atomic mass is 9.95. The number of halogens is 1. The average Bonchev–Trinajstić information content (AvgIpc) is 3.04. The molecule has 2 saturated heterocycles. The molecule has 0 unspecified atom stereocenters. The van der Waals surface area contributed by atoms with Crippen molar-refractivity contribution in [2.45, 2.75) is 25.6 Å². The van der Waals surface area contributed by atoms with Crippen molar-refractivity contribution in [2.24, 2.45) is 5.92 Å². The molecule has 0 aromatic heterocycles. The number of ether oxygens (including phenoxy) is 2. The molecule has 0 spiro atoms. The van der Waals surface area contributed by atoms with Crippen LogP contribution in [0.3, 0.4) is 0 Å². The highest BCUT2D eigenvalue weighted by atomic mass is 35.5. The van der Waals surface area contributed by atoms with E-state index in [9.17, 15) is 4.79 Å². The van der Waals surface area contributed by atoms with Gasteiger partial charge in [0.05, 0.1) is 19.6 Å². The Morgan fingerprint density at radius 2 is 1.76 bits per heavy atom. The third-order valence-electron chi connectivity index (χ3n) is 4.19. The summed E-state index contributed by atoms with van der Waals surface area (Å²) in [7, 11) is 0. The van der Waals surface area contributed by atoms with Crippen LogP contribution in [-0.4, -0.2) is 43.4 Å². The van der Waals surface area contributed by atoms with Crippen molar-refractivity contribution >= 4 is 17.5 Å². The van der Waals surface area contributed by atoms with E-state index in [-0.39, 0.29) is 12.2 Å². The highest BCUT2D eigenvalue weighted by Gasteiger charge is 2.31. The van der Waals surface area contributed by atoms with Crippen LogP contribution in [0.15, 0.2) is 24.3 Å². The van der Waals surface area contributed by atoms with E-state index in [1.54, 1.807) is 0 Å². The number of hydrogen-bond donors (Lipinski definition) is 0. The molecule has 0 saturated carbocycles. The van der Waals surface area contributed by atoms with Crippen LogP contribution in [0, 0.1) is 5.92 Å². The second kappa shape index (κ2) is 6.77. The fourth-order valence-electron chi connectivity index (χ4n) is 2.96. The number of benzene rings is 1. The molecule has 1 aromatic carbocycles. The van der Waals surface area contributed by atoms with Crippen molar-refractivity contribution in [2.75, 3.05) is 26.3 Å². The maximum absolute atomic E-state index is 12.3. The molecule has 0 atom stereocenters. The smallest absolute Gasteiger partial charge is 0.226 e. The van der Waals surface area contributed by atoms with Gasteiger partial charge >= 0.3 is 0 Å². The zero-order valence-electron chi connectivity index (χ0n) is 12.0. The van der Waals surface area contributed by atoms with Gasteiger partial charge in [-0.25, -0.2) is 0 Å². The molecule has 2 heterocycles.